The minimum atomic E-state index is -4.36. The highest BCUT2D eigenvalue weighted by Crippen LogP contribution is 2.29. The topological polar surface area (TPSA) is 61.9 Å². The summed E-state index contributed by atoms with van der Waals surface area (Å²) in [5.74, 6) is -0.362. The van der Waals surface area contributed by atoms with Gasteiger partial charge >= 0.3 is 6.18 Å². The molecule has 2 rings (SSSR count). The Kier molecular flexibility index (Phi) is 3.73. The van der Waals surface area contributed by atoms with Gasteiger partial charge in [-0.1, -0.05) is 12.1 Å². The van der Waals surface area contributed by atoms with Gasteiger partial charge in [-0.05, 0) is 17.7 Å². The van der Waals surface area contributed by atoms with Crippen LogP contribution in [-0.4, -0.2) is 33.3 Å². The summed E-state index contributed by atoms with van der Waals surface area (Å²) in [6.45, 7) is 0.184. The summed E-state index contributed by atoms with van der Waals surface area (Å²) >= 11 is 0. The molecule has 0 saturated carbocycles. The van der Waals surface area contributed by atoms with Crippen LogP contribution in [-0.2, 0) is 12.7 Å². The second kappa shape index (κ2) is 5.32. The first-order valence-electron chi connectivity index (χ1n) is 5.65. The molecular formula is C12H11F3N4O. The standard InChI is InChI=1S/C12H11F3N4O/c1-19(11(20)10-6-16-18-17-10)7-8-2-4-9(5-3-8)12(13,14)15/h2-6H,7H2,1H3,(H,16,17,18). The van der Waals surface area contributed by atoms with Crippen LogP contribution >= 0.6 is 0 Å². The Hall–Kier alpha value is -2.38. The van der Waals surface area contributed by atoms with Crippen LogP contribution in [0.15, 0.2) is 30.5 Å². The van der Waals surface area contributed by atoms with E-state index >= 15 is 0 Å². The first-order chi connectivity index (χ1) is 9.38. The molecule has 0 aliphatic rings. The molecule has 1 N–H and O–H groups in total. The minimum Gasteiger partial charge on any atom is -0.336 e. The fourth-order valence-corrected chi connectivity index (χ4v) is 1.65. The number of benzene rings is 1. The lowest BCUT2D eigenvalue weighted by molar-refractivity contribution is -0.137. The molecule has 1 aromatic heterocycles. The maximum atomic E-state index is 12.4. The summed E-state index contributed by atoms with van der Waals surface area (Å²) in [5.41, 5.74) is 0.0310. The van der Waals surface area contributed by atoms with Crippen LogP contribution in [0.25, 0.3) is 0 Å². The number of carbonyl (C=O) groups excluding carboxylic acids is 1. The van der Waals surface area contributed by atoms with E-state index in [0.717, 1.165) is 12.1 Å². The van der Waals surface area contributed by atoms with Crippen LogP contribution in [0.1, 0.15) is 21.6 Å². The number of aromatic nitrogens is 3. The molecule has 0 spiro atoms. The van der Waals surface area contributed by atoms with E-state index in [1.54, 1.807) is 0 Å². The van der Waals surface area contributed by atoms with Gasteiger partial charge in [0, 0.05) is 13.6 Å². The molecule has 1 heterocycles. The molecule has 0 atom stereocenters. The van der Waals surface area contributed by atoms with E-state index in [2.05, 4.69) is 15.4 Å². The van der Waals surface area contributed by atoms with E-state index < -0.39 is 11.7 Å². The van der Waals surface area contributed by atoms with Gasteiger partial charge in [-0.25, -0.2) is 0 Å². The highest BCUT2D eigenvalue weighted by Gasteiger charge is 2.30. The maximum absolute atomic E-state index is 12.4. The van der Waals surface area contributed by atoms with Crippen LogP contribution in [0, 0.1) is 0 Å². The summed E-state index contributed by atoms with van der Waals surface area (Å²) in [5, 5.41) is 9.49. The van der Waals surface area contributed by atoms with Crippen LogP contribution in [0.3, 0.4) is 0 Å². The van der Waals surface area contributed by atoms with Gasteiger partial charge in [0.25, 0.3) is 5.91 Å². The quantitative estimate of drug-likeness (QED) is 0.938. The second-order valence-electron chi connectivity index (χ2n) is 4.21. The third kappa shape index (κ3) is 3.14. The number of hydrogen-bond acceptors (Lipinski definition) is 3. The smallest absolute Gasteiger partial charge is 0.336 e. The number of rotatable bonds is 3. The molecule has 5 nitrogen and oxygen atoms in total. The second-order valence-corrected chi connectivity index (χ2v) is 4.21. The molecule has 0 saturated heterocycles. The molecule has 106 valence electrons. The summed E-state index contributed by atoms with van der Waals surface area (Å²) in [4.78, 5) is 13.2. The molecule has 0 fully saturated rings. The number of alkyl halides is 3. The Labute approximate surface area is 112 Å². The molecule has 8 heteroatoms. The Balaban J connectivity index is 2.05. The molecule has 0 aliphatic carbocycles. The van der Waals surface area contributed by atoms with Crippen molar-refractivity contribution in [3.63, 3.8) is 0 Å². The van der Waals surface area contributed by atoms with Crippen molar-refractivity contribution >= 4 is 5.91 Å². The maximum Gasteiger partial charge on any atom is 0.416 e. The van der Waals surface area contributed by atoms with Crippen LogP contribution < -0.4 is 0 Å². The number of amides is 1. The van der Waals surface area contributed by atoms with Gasteiger partial charge in [-0.3, -0.25) is 4.79 Å². The van der Waals surface area contributed by atoms with Gasteiger partial charge < -0.3 is 4.90 Å². The van der Waals surface area contributed by atoms with Gasteiger partial charge in [0.1, 0.15) is 0 Å². The van der Waals surface area contributed by atoms with Crippen molar-refractivity contribution in [3.05, 3.63) is 47.3 Å². The number of nitrogens with one attached hydrogen (secondary N) is 1. The minimum absolute atomic E-state index is 0.152. The summed E-state index contributed by atoms with van der Waals surface area (Å²) < 4.78 is 37.2. The van der Waals surface area contributed by atoms with E-state index in [9.17, 15) is 18.0 Å². The average Bonchev–Trinajstić information content (AvgIpc) is 2.91. The zero-order chi connectivity index (χ0) is 14.8. The number of halogens is 3. The van der Waals surface area contributed by atoms with Gasteiger partial charge in [0.05, 0.1) is 11.8 Å². The fraction of sp³-hybridized carbons (Fsp3) is 0.250. The number of nitrogens with zero attached hydrogens (tertiary/aromatic N) is 3. The van der Waals surface area contributed by atoms with Gasteiger partial charge in [-0.15, -0.1) is 0 Å². The van der Waals surface area contributed by atoms with Crippen molar-refractivity contribution in [2.75, 3.05) is 7.05 Å². The molecule has 1 aromatic carbocycles. The monoisotopic (exact) mass is 284 g/mol. The van der Waals surface area contributed by atoms with E-state index in [4.69, 9.17) is 0 Å². The number of carbonyl (C=O) groups is 1. The first kappa shape index (κ1) is 14.0. The van der Waals surface area contributed by atoms with Crippen LogP contribution in [0.5, 0.6) is 0 Å². The van der Waals surface area contributed by atoms with Crippen LogP contribution in [0.4, 0.5) is 13.2 Å². The Morgan fingerprint density at radius 1 is 1.30 bits per heavy atom. The van der Waals surface area contributed by atoms with Gasteiger partial charge in [0.15, 0.2) is 5.69 Å². The third-order valence-electron chi connectivity index (χ3n) is 2.68. The predicted molar refractivity (Wildman–Crippen MR) is 63.6 cm³/mol. The third-order valence-corrected chi connectivity index (χ3v) is 2.68. The summed E-state index contributed by atoms with van der Waals surface area (Å²) in [6, 6.07) is 4.66. The van der Waals surface area contributed by atoms with Gasteiger partial charge in [0.2, 0.25) is 0 Å². The lowest BCUT2D eigenvalue weighted by atomic mass is 10.1. The Morgan fingerprint density at radius 2 is 1.95 bits per heavy atom. The zero-order valence-electron chi connectivity index (χ0n) is 10.5. The van der Waals surface area contributed by atoms with Crippen molar-refractivity contribution in [3.8, 4) is 0 Å². The fourth-order valence-electron chi connectivity index (χ4n) is 1.65. The molecular weight excluding hydrogens is 273 g/mol. The number of aromatic amines is 1. The molecule has 1 amide bonds. The summed E-state index contributed by atoms with van der Waals surface area (Å²) in [7, 11) is 1.54. The number of H-pyrrole nitrogens is 1. The largest absolute Gasteiger partial charge is 0.416 e. The predicted octanol–water partition coefficient (Wildman–Crippen LogP) is 2.10. The molecule has 0 unspecified atom stereocenters. The normalized spacial score (nSPS) is 11.4. The average molecular weight is 284 g/mol. The molecule has 0 aliphatic heterocycles. The van der Waals surface area contributed by atoms with Crippen molar-refractivity contribution in [1.29, 1.82) is 0 Å². The van der Waals surface area contributed by atoms with E-state index in [-0.39, 0.29) is 18.1 Å². The molecule has 0 radical (unpaired) electrons. The van der Waals surface area contributed by atoms with Crippen molar-refractivity contribution in [2.45, 2.75) is 12.7 Å². The van der Waals surface area contributed by atoms with E-state index in [1.807, 2.05) is 0 Å². The SMILES string of the molecule is CN(Cc1ccc(C(F)(F)F)cc1)C(=O)c1cn[nH]n1. The lowest BCUT2D eigenvalue weighted by Gasteiger charge is -2.16. The molecule has 0 bridgehead atoms. The molecule has 2 aromatic rings. The Bertz CT molecular complexity index is 578. The van der Waals surface area contributed by atoms with E-state index in [1.165, 1.54) is 30.3 Å². The summed E-state index contributed by atoms with van der Waals surface area (Å²) in [6.07, 6.45) is -3.08. The highest BCUT2D eigenvalue weighted by molar-refractivity contribution is 5.91. The highest BCUT2D eigenvalue weighted by atomic mass is 19.4. The van der Waals surface area contributed by atoms with Crippen molar-refractivity contribution in [2.24, 2.45) is 0 Å². The Morgan fingerprint density at radius 3 is 2.45 bits per heavy atom. The van der Waals surface area contributed by atoms with Crippen molar-refractivity contribution < 1.29 is 18.0 Å². The number of hydrogen-bond donors (Lipinski definition) is 1. The lowest BCUT2D eigenvalue weighted by Crippen LogP contribution is -2.26. The van der Waals surface area contributed by atoms with Crippen molar-refractivity contribution in [1.82, 2.24) is 20.3 Å². The van der Waals surface area contributed by atoms with Gasteiger partial charge in [-0.2, -0.15) is 28.6 Å². The first-order valence-corrected chi connectivity index (χ1v) is 5.65. The molecule has 20 heavy (non-hydrogen) atoms. The van der Waals surface area contributed by atoms with Crippen LogP contribution in [0.2, 0.25) is 0 Å². The van der Waals surface area contributed by atoms with E-state index in [0.29, 0.717) is 5.56 Å². The zero-order valence-corrected chi connectivity index (χ0v) is 10.5.